The summed E-state index contributed by atoms with van der Waals surface area (Å²) in [5, 5.41) is 17.1. The molecule has 0 aromatic rings. The molecule has 0 saturated heterocycles. The van der Waals surface area contributed by atoms with Gasteiger partial charge < -0.3 is 10.2 Å². The predicted octanol–water partition coefficient (Wildman–Crippen LogP) is -0.344. The first kappa shape index (κ1) is 12.2. The van der Waals surface area contributed by atoms with Crippen LogP contribution in [0.1, 0.15) is 19.3 Å². The van der Waals surface area contributed by atoms with E-state index in [2.05, 4.69) is 0 Å². The van der Waals surface area contributed by atoms with Crippen molar-refractivity contribution in [1.29, 1.82) is 0 Å². The monoisotopic (exact) mass is 200 g/mol. The van der Waals surface area contributed by atoms with Gasteiger partial charge in [-0.3, -0.25) is 9.59 Å². The number of rotatable bonds is 2. The van der Waals surface area contributed by atoms with E-state index in [0.717, 1.165) is 0 Å². The van der Waals surface area contributed by atoms with Crippen molar-refractivity contribution in [3.63, 3.8) is 0 Å². The molecule has 66 valence electrons. The molecule has 0 aromatic carbocycles. The molecule has 5 heteroatoms. The third-order valence-corrected chi connectivity index (χ3v) is 2.15. The van der Waals surface area contributed by atoms with E-state index in [1.165, 1.54) is 0 Å². The summed E-state index contributed by atoms with van der Waals surface area (Å²) >= 11 is 0. The Hall–Kier alpha value is 0.200. The second kappa shape index (κ2) is 5.04. The van der Waals surface area contributed by atoms with Crippen LogP contribution < -0.4 is 0 Å². The van der Waals surface area contributed by atoms with Crippen LogP contribution >= 0.6 is 0 Å². The first-order valence-corrected chi connectivity index (χ1v) is 3.58. The van der Waals surface area contributed by atoms with Gasteiger partial charge in [-0.05, 0) is 12.8 Å². The van der Waals surface area contributed by atoms with Crippen molar-refractivity contribution in [3.8, 4) is 0 Å². The molecular formula is C7H12CaO4. The zero-order valence-electron chi connectivity index (χ0n) is 5.99. The van der Waals surface area contributed by atoms with Crippen molar-refractivity contribution in [1.82, 2.24) is 0 Å². The van der Waals surface area contributed by atoms with Crippen molar-refractivity contribution < 1.29 is 19.8 Å². The van der Waals surface area contributed by atoms with Gasteiger partial charge in [-0.1, -0.05) is 6.42 Å². The summed E-state index contributed by atoms with van der Waals surface area (Å²) in [5.41, 5.74) is 0. The Kier molecular flexibility index (Phi) is 5.13. The molecule has 1 aliphatic rings. The van der Waals surface area contributed by atoms with E-state index in [-0.39, 0.29) is 37.7 Å². The molecule has 0 amide bonds. The van der Waals surface area contributed by atoms with Gasteiger partial charge in [0.2, 0.25) is 0 Å². The fourth-order valence-corrected chi connectivity index (χ4v) is 1.55. The van der Waals surface area contributed by atoms with Gasteiger partial charge in [-0.15, -0.1) is 0 Å². The quantitative estimate of drug-likeness (QED) is 0.598. The Morgan fingerprint density at radius 3 is 1.58 bits per heavy atom. The molecule has 1 rings (SSSR count). The fraction of sp³-hybridized carbons (Fsp3) is 0.714. The minimum absolute atomic E-state index is 0. The summed E-state index contributed by atoms with van der Waals surface area (Å²) in [4.78, 5) is 20.9. The topological polar surface area (TPSA) is 74.6 Å². The predicted molar refractivity (Wildman–Crippen MR) is 44.6 cm³/mol. The van der Waals surface area contributed by atoms with Crippen LogP contribution in [0.3, 0.4) is 0 Å². The van der Waals surface area contributed by atoms with Crippen LogP contribution in [-0.4, -0.2) is 59.9 Å². The fourth-order valence-electron chi connectivity index (χ4n) is 1.55. The summed E-state index contributed by atoms with van der Waals surface area (Å²) < 4.78 is 0. The Morgan fingerprint density at radius 1 is 1.00 bits per heavy atom. The zero-order valence-corrected chi connectivity index (χ0v) is 5.99. The molecule has 0 bridgehead atoms. The average molecular weight is 200 g/mol. The Labute approximate surface area is 100.0 Å². The van der Waals surface area contributed by atoms with Gasteiger partial charge in [0.1, 0.15) is 0 Å². The van der Waals surface area contributed by atoms with E-state index in [4.69, 9.17) is 10.2 Å². The van der Waals surface area contributed by atoms with Crippen molar-refractivity contribution in [2.24, 2.45) is 11.8 Å². The Balaban J connectivity index is 0.00000121. The molecule has 4 nitrogen and oxygen atoms in total. The van der Waals surface area contributed by atoms with Crippen LogP contribution in [0.15, 0.2) is 0 Å². The molecule has 0 aromatic heterocycles. The van der Waals surface area contributed by atoms with E-state index in [1.54, 1.807) is 0 Å². The number of hydrogen-bond donors (Lipinski definition) is 2. The molecule has 2 N–H and O–H groups in total. The second-order valence-electron chi connectivity index (χ2n) is 2.82. The molecule has 1 aliphatic carbocycles. The van der Waals surface area contributed by atoms with Crippen molar-refractivity contribution in [2.45, 2.75) is 19.3 Å². The third-order valence-electron chi connectivity index (χ3n) is 2.15. The first-order chi connectivity index (χ1) is 5.13. The molecule has 0 spiro atoms. The number of aliphatic carboxylic acids is 2. The van der Waals surface area contributed by atoms with Gasteiger partial charge in [-0.25, -0.2) is 0 Å². The second-order valence-corrected chi connectivity index (χ2v) is 2.82. The van der Waals surface area contributed by atoms with Crippen molar-refractivity contribution in [2.75, 3.05) is 0 Å². The molecule has 2 unspecified atom stereocenters. The summed E-state index contributed by atoms with van der Waals surface area (Å²) in [6.45, 7) is 0. The number of carbonyl (C=O) groups is 2. The van der Waals surface area contributed by atoms with Gasteiger partial charge in [0.25, 0.3) is 0 Å². The number of carboxylic acids is 2. The van der Waals surface area contributed by atoms with Crippen LogP contribution in [0.5, 0.6) is 0 Å². The van der Waals surface area contributed by atoms with Crippen LogP contribution in [0, 0.1) is 11.8 Å². The summed E-state index contributed by atoms with van der Waals surface area (Å²) in [5.74, 6) is -3.27. The molecule has 0 heterocycles. The van der Waals surface area contributed by atoms with E-state index in [0.29, 0.717) is 19.3 Å². The van der Waals surface area contributed by atoms with Gasteiger partial charge >= 0.3 is 49.7 Å². The van der Waals surface area contributed by atoms with E-state index in [1.807, 2.05) is 0 Å². The van der Waals surface area contributed by atoms with E-state index in [9.17, 15) is 9.59 Å². The SMILES string of the molecule is O=C(O)C1CCCC1C(=O)O.[CaH2]. The zero-order chi connectivity index (χ0) is 8.43. The molecule has 12 heavy (non-hydrogen) atoms. The summed E-state index contributed by atoms with van der Waals surface area (Å²) in [6.07, 6.45) is 1.73. The van der Waals surface area contributed by atoms with Crippen LogP contribution in [0.4, 0.5) is 0 Å². The van der Waals surface area contributed by atoms with Gasteiger partial charge in [0.15, 0.2) is 0 Å². The minimum atomic E-state index is -0.977. The third kappa shape index (κ3) is 2.61. The molecule has 2 atom stereocenters. The summed E-state index contributed by atoms with van der Waals surface area (Å²) in [7, 11) is 0. The molecule has 1 fully saturated rings. The van der Waals surface area contributed by atoms with Gasteiger partial charge in [0.05, 0.1) is 11.8 Å². The molecule has 0 aliphatic heterocycles. The van der Waals surface area contributed by atoms with E-state index >= 15 is 0 Å². The molecular weight excluding hydrogens is 188 g/mol. The van der Waals surface area contributed by atoms with Gasteiger partial charge in [-0.2, -0.15) is 0 Å². The van der Waals surface area contributed by atoms with Gasteiger partial charge in [0, 0.05) is 0 Å². The molecule has 0 radical (unpaired) electrons. The standard InChI is InChI=1S/C7H10O4.Ca.2H/c8-6(9)4-2-1-3-5(4)7(10)11;;;/h4-5H,1-3H2,(H,8,9)(H,10,11);;;. The first-order valence-electron chi connectivity index (χ1n) is 3.58. The van der Waals surface area contributed by atoms with Crippen LogP contribution in [0.25, 0.3) is 0 Å². The average Bonchev–Trinajstić information content (AvgIpc) is 2.32. The van der Waals surface area contributed by atoms with E-state index < -0.39 is 23.8 Å². The normalized spacial score (nSPS) is 27.7. The van der Waals surface area contributed by atoms with Crippen LogP contribution in [0.2, 0.25) is 0 Å². The Bertz CT molecular complexity index is 172. The van der Waals surface area contributed by atoms with Crippen LogP contribution in [-0.2, 0) is 9.59 Å². The summed E-state index contributed by atoms with van der Waals surface area (Å²) in [6, 6.07) is 0. The maximum absolute atomic E-state index is 10.5. The maximum atomic E-state index is 10.5. The Morgan fingerprint density at radius 2 is 1.33 bits per heavy atom. The molecule has 1 saturated carbocycles. The van der Waals surface area contributed by atoms with Crippen molar-refractivity contribution >= 4 is 49.7 Å². The number of hydrogen-bond acceptors (Lipinski definition) is 2. The van der Waals surface area contributed by atoms with Crippen molar-refractivity contribution in [3.05, 3.63) is 0 Å². The number of carboxylic acid groups (broad SMARTS) is 2.